The molecule has 0 atom stereocenters. The molecule has 0 aliphatic heterocycles. The van der Waals surface area contributed by atoms with Gasteiger partial charge in [-0.15, -0.1) is 0 Å². The van der Waals surface area contributed by atoms with E-state index in [9.17, 15) is 21.6 Å². The van der Waals surface area contributed by atoms with E-state index >= 15 is 0 Å². The molecule has 0 aliphatic rings. The van der Waals surface area contributed by atoms with Crippen molar-refractivity contribution in [3.05, 3.63) is 89.5 Å². The first-order chi connectivity index (χ1) is 12.8. The molecule has 0 radical (unpaired) electrons. The van der Waals surface area contributed by atoms with Crippen LogP contribution in [0.2, 0.25) is 0 Å². The number of anilines is 1. The number of aromatic nitrogens is 1. The summed E-state index contributed by atoms with van der Waals surface area (Å²) in [6, 6.07) is 11.2. The molecular formula is C19H13F3N2O2S. The van der Waals surface area contributed by atoms with Crippen LogP contribution in [0.25, 0.3) is 12.2 Å². The monoisotopic (exact) mass is 390 g/mol. The highest BCUT2D eigenvalue weighted by molar-refractivity contribution is 7.92. The highest BCUT2D eigenvalue weighted by atomic mass is 32.2. The zero-order chi connectivity index (χ0) is 19.4. The first-order valence-corrected chi connectivity index (χ1v) is 9.20. The van der Waals surface area contributed by atoms with E-state index in [4.69, 9.17) is 0 Å². The second-order valence-electron chi connectivity index (χ2n) is 5.50. The van der Waals surface area contributed by atoms with E-state index in [1.165, 1.54) is 48.6 Å². The van der Waals surface area contributed by atoms with Crippen LogP contribution in [0.5, 0.6) is 0 Å². The maximum atomic E-state index is 13.6. The Labute approximate surface area is 154 Å². The van der Waals surface area contributed by atoms with E-state index in [1.54, 1.807) is 0 Å². The van der Waals surface area contributed by atoms with Gasteiger partial charge in [-0.2, -0.15) is 0 Å². The topological polar surface area (TPSA) is 59.1 Å². The predicted molar refractivity (Wildman–Crippen MR) is 96.7 cm³/mol. The molecule has 0 saturated heterocycles. The minimum Gasteiger partial charge on any atom is -0.277 e. The van der Waals surface area contributed by atoms with Gasteiger partial charge >= 0.3 is 0 Å². The normalized spacial score (nSPS) is 11.7. The summed E-state index contributed by atoms with van der Waals surface area (Å²) in [5.41, 5.74) is 0.355. The zero-order valence-corrected chi connectivity index (χ0v) is 14.6. The molecule has 8 heteroatoms. The molecule has 0 bridgehead atoms. The number of hydrogen-bond acceptors (Lipinski definition) is 3. The second kappa shape index (κ2) is 7.63. The number of para-hydroxylation sites is 1. The van der Waals surface area contributed by atoms with E-state index in [-0.39, 0.29) is 16.1 Å². The molecule has 1 heterocycles. The number of rotatable bonds is 5. The maximum Gasteiger partial charge on any atom is 0.263 e. The van der Waals surface area contributed by atoms with Crippen molar-refractivity contribution < 1.29 is 21.6 Å². The Balaban J connectivity index is 1.78. The molecule has 4 nitrogen and oxygen atoms in total. The summed E-state index contributed by atoms with van der Waals surface area (Å²) >= 11 is 0. The van der Waals surface area contributed by atoms with Crippen LogP contribution in [0, 0.1) is 17.5 Å². The van der Waals surface area contributed by atoms with Gasteiger partial charge in [0.1, 0.15) is 22.3 Å². The van der Waals surface area contributed by atoms with Gasteiger partial charge < -0.3 is 0 Å². The lowest BCUT2D eigenvalue weighted by molar-refractivity contribution is 0.581. The molecule has 27 heavy (non-hydrogen) atoms. The van der Waals surface area contributed by atoms with E-state index in [0.717, 1.165) is 24.4 Å². The molecule has 3 rings (SSSR count). The average Bonchev–Trinajstić information content (AvgIpc) is 2.63. The third-order valence-electron chi connectivity index (χ3n) is 3.58. The summed E-state index contributed by atoms with van der Waals surface area (Å²) in [4.78, 5) is 3.82. The second-order valence-corrected chi connectivity index (χ2v) is 7.19. The summed E-state index contributed by atoms with van der Waals surface area (Å²) in [6.45, 7) is 0. The van der Waals surface area contributed by atoms with Crippen molar-refractivity contribution in [2.24, 2.45) is 0 Å². The number of sulfonamides is 1. The molecular weight excluding hydrogens is 377 g/mol. The van der Waals surface area contributed by atoms with Gasteiger partial charge in [-0.25, -0.2) is 21.6 Å². The SMILES string of the molecule is O=S(=O)(Nc1ccccc1F)c1ccc(/C=C/c2ccc(F)cc2F)nc1. The van der Waals surface area contributed by atoms with Gasteiger partial charge in [0, 0.05) is 17.8 Å². The quantitative estimate of drug-likeness (QED) is 0.699. The Morgan fingerprint density at radius 1 is 0.889 bits per heavy atom. The fraction of sp³-hybridized carbons (Fsp3) is 0. The van der Waals surface area contributed by atoms with Crippen LogP contribution >= 0.6 is 0 Å². The molecule has 0 amide bonds. The van der Waals surface area contributed by atoms with Crippen molar-refractivity contribution in [2.75, 3.05) is 4.72 Å². The average molecular weight is 390 g/mol. The van der Waals surface area contributed by atoms with E-state index < -0.39 is 27.5 Å². The van der Waals surface area contributed by atoms with Crippen LogP contribution in [0.1, 0.15) is 11.3 Å². The van der Waals surface area contributed by atoms with E-state index in [0.29, 0.717) is 5.69 Å². The van der Waals surface area contributed by atoms with Crippen molar-refractivity contribution in [2.45, 2.75) is 4.90 Å². The van der Waals surface area contributed by atoms with Gasteiger partial charge in [0.25, 0.3) is 10.0 Å². The van der Waals surface area contributed by atoms with Crippen molar-refractivity contribution >= 4 is 27.9 Å². The highest BCUT2D eigenvalue weighted by Gasteiger charge is 2.16. The Bertz CT molecular complexity index is 1100. The fourth-order valence-corrected chi connectivity index (χ4v) is 3.22. The molecule has 1 N–H and O–H groups in total. The molecule has 0 fully saturated rings. The maximum absolute atomic E-state index is 13.6. The Morgan fingerprint density at radius 2 is 1.67 bits per heavy atom. The molecule has 0 saturated carbocycles. The Morgan fingerprint density at radius 3 is 2.33 bits per heavy atom. The largest absolute Gasteiger partial charge is 0.277 e. The molecule has 0 unspecified atom stereocenters. The number of nitrogens with zero attached hydrogens (tertiary/aromatic N) is 1. The van der Waals surface area contributed by atoms with Gasteiger partial charge in [-0.3, -0.25) is 9.71 Å². The molecule has 2 aromatic carbocycles. The third-order valence-corrected chi connectivity index (χ3v) is 4.93. The Hall–Kier alpha value is -3.13. The standard InChI is InChI=1S/C19H13F3N2O2S/c20-14-7-5-13(18(22)11-14)6-8-15-9-10-16(12-23-15)27(25,26)24-19-4-2-1-3-17(19)21/h1-12,24H/b8-6+. The number of pyridine rings is 1. The number of halogens is 3. The van der Waals surface area contributed by atoms with Crippen LogP contribution in [0.15, 0.2) is 65.7 Å². The van der Waals surface area contributed by atoms with Crippen molar-refractivity contribution in [3.8, 4) is 0 Å². The third kappa shape index (κ3) is 4.53. The number of hydrogen-bond donors (Lipinski definition) is 1. The summed E-state index contributed by atoms with van der Waals surface area (Å²) in [5.74, 6) is -2.10. The van der Waals surface area contributed by atoms with Gasteiger partial charge in [0.15, 0.2) is 0 Å². The summed E-state index contributed by atoms with van der Waals surface area (Å²) in [6.07, 6.45) is 3.95. The number of nitrogens with one attached hydrogen (secondary N) is 1. The molecule has 3 aromatic rings. The molecule has 0 spiro atoms. The first-order valence-electron chi connectivity index (χ1n) is 7.72. The van der Waals surface area contributed by atoms with E-state index in [2.05, 4.69) is 9.71 Å². The van der Waals surface area contributed by atoms with Crippen LogP contribution in [-0.2, 0) is 10.0 Å². The lowest BCUT2D eigenvalue weighted by Crippen LogP contribution is -2.14. The lowest BCUT2D eigenvalue weighted by atomic mass is 10.2. The van der Waals surface area contributed by atoms with Crippen molar-refractivity contribution in [1.29, 1.82) is 0 Å². The molecule has 1 aromatic heterocycles. The van der Waals surface area contributed by atoms with Gasteiger partial charge in [-0.05, 0) is 48.6 Å². The first kappa shape index (κ1) is 18.7. The number of benzene rings is 2. The van der Waals surface area contributed by atoms with Gasteiger partial charge in [0.2, 0.25) is 0 Å². The predicted octanol–water partition coefficient (Wildman–Crippen LogP) is 4.47. The minimum absolute atomic E-state index is 0.157. The summed E-state index contributed by atoms with van der Waals surface area (Å²) in [7, 11) is -4.01. The van der Waals surface area contributed by atoms with Crippen LogP contribution < -0.4 is 4.72 Å². The summed E-state index contributed by atoms with van der Waals surface area (Å²) in [5, 5.41) is 0. The van der Waals surface area contributed by atoms with Crippen LogP contribution in [-0.4, -0.2) is 13.4 Å². The van der Waals surface area contributed by atoms with E-state index in [1.807, 2.05) is 0 Å². The molecule has 0 aliphatic carbocycles. The summed E-state index contributed by atoms with van der Waals surface area (Å²) < 4.78 is 66.8. The minimum atomic E-state index is -4.01. The van der Waals surface area contributed by atoms with Gasteiger partial charge in [0.05, 0.1) is 11.4 Å². The highest BCUT2D eigenvalue weighted by Crippen LogP contribution is 2.19. The fourth-order valence-electron chi connectivity index (χ4n) is 2.21. The van der Waals surface area contributed by atoms with Crippen molar-refractivity contribution in [1.82, 2.24) is 4.98 Å². The molecule has 138 valence electrons. The van der Waals surface area contributed by atoms with Crippen molar-refractivity contribution in [3.63, 3.8) is 0 Å². The van der Waals surface area contributed by atoms with Crippen LogP contribution in [0.4, 0.5) is 18.9 Å². The smallest absolute Gasteiger partial charge is 0.263 e. The zero-order valence-electron chi connectivity index (χ0n) is 13.7. The lowest BCUT2D eigenvalue weighted by Gasteiger charge is -2.08. The van der Waals surface area contributed by atoms with Gasteiger partial charge in [-0.1, -0.05) is 12.1 Å². The Kier molecular flexibility index (Phi) is 5.27. The van der Waals surface area contributed by atoms with Crippen LogP contribution in [0.3, 0.4) is 0 Å².